The van der Waals surface area contributed by atoms with Gasteiger partial charge in [0.2, 0.25) is 0 Å². The molecule has 0 saturated carbocycles. The van der Waals surface area contributed by atoms with Crippen LogP contribution in [0.4, 0.5) is 0 Å². The largest absolute Gasteiger partial charge is 0.465 e. The Hall–Kier alpha value is -5.84. The summed E-state index contributed by atoms with van der Waals surface area (Å²) in [5, 5.41) is 28.0. The molecule has 1 aliphatic rings. The molecule has 1 N–H and O–H groups in total. The van der Waals surface area contributed by atoms with Crippen molar-refractivity contribution in [2.24, 2.45) is 7.05 Å². The Bertz CT molecular complexity index is 2380. The molecule has 4 aromatic carbocycles. The number of aromatic nitrogens is 6. The fraction of sp³-hybridized carbons (Fsp3) is 0.268. The monoisotopic (exact) mass is 828 g/mol. The summed E-state index contributed by atoms with van der Waals surface area (Å²) in [4.78, 5) is 25.5. The lowest BCUT2D eigenvalue weighted by atomic mass is 10.1. The molecule has 1 fully saturated rings. The molecule has 3 heterocycles. The van der Waals surface area contributed by atoms with Gasteiger partial charge in [0.05, 0.1) is 38.3 Å². The van der Waals surface area contributed by atoms with Crippen LogP contribution in [-0.2, 0) is 45.8 Å². The van der Waals surface area contributed by atoms with Crippen molar-refractivity contribution < 1.29 is 43.1 Å². The lowest BCUT2D eigenvalue weighted by Gasteiger charge is -2.22. The molecule has 2 aromatic heterocycles. The zero-order valence-corrected chi connectivity index (χ0v) is 33.0. The summed E-state index contributed by atoms with van der Waals surface area (Å²) in [6, 6.07) is 23.3. The topological polar surface area (TPSA) is 171 Å². The van der Waals surface area contributed by atoms with Crippen LogP contribution in [0.2, 0.25) is 10.0 Å². The summed E-state index contributed by atoms with van der Waals surface area (Å²) in [7, 11) is 3.09. The van der Waals surface area contributed by atoms with Crippen LogP contribution >= 0.6 is 23.2 Å². The highest BCUT2D eigenvalue weighted by Crippen LogP contribution is 2.33. The average molecular weight is 830 g/mol. The van der Waals surface area contributed by atoms with Crippen molar-refractivity contribution in [1.82, 2.24) is 30.0 Å². The second kappa shape index (κ2) is 18.6. The molecule has 0 radical (unpaired) electrons. The second-order valence-electron chi connectivity index (χ2n) is 13.0. The minimum absolute atomic E-state index is 0.0859. The van der Waals surface area contributed by atoms with Crippen LogP contribution in [0.5, 0.6) is 23.0 Å². The number of rotatable bonds is 15. The third kappa shape index (κ3) is 9.47. The van der Waals surface area contributed by atoms with E-state index in [-0.39, 0.29) is 48.7 Å². The first-order valence-electron chi connectivity index (χ1n) is 18.3. The van der Waals surface area contributed by atoms with Crippen molar-refractivity contribution in [3.63, 3.8) is 0 Å². The first-order chi connectivity index (χ1) is 28.2. The summed E-state index contributed by atoms with van der Waals surface area (Å²) in [5.41, 5.74) is 4.15. The summed E-state index contributed by atoms with van der Waals surface area (Å²) in [6.45, 7) is 0.630. The molecule has 58 heavy (non-hydrogen) atoms. The van der Waals surface area contributed by atoms with E-state index in [9.17, 15) is 14.7 Å². The number of aryl methyl sites for hydroxylation is 1. The van der Waals surface area contributed by atoms with Gasteiger partial charge in [-0.15, -0.1) is 10.2 Å². The van der Waals surface area contributed by atoms with Gasteiger partial charge in [-0.3, -0.25) is 0 Å². The normalized spacial score (nSPS) is 13.9. The van der Waals surface area contributed by atoms with Crippen LogP contribution in [0, 0.1) is 0 Å². The predicted molar refractivity (Wildman–Crippen MR) is 211 cm³/mol. The van der Waals surface area contributed by atoms with E-state index in [1.807, 2.05) is 19.2 Å². The predicted octanol–water partition coefficient (Wildman–Crippen LogP) is 7.81. The molecule has 1 atom stereocenters. The van der Waals surface area contributed by atoms with Crippen LogP contribution in [0.1, 0.15) is 51.4 Å². The minimum atomic E-state index is -0.647. The van der Waals surface area contributed by atoms with E-state index in [1.54, 1.807) is 53.2 Å². The van der Waals surface area contributed by atoms with Crippen molar-refractivity contribution in [2.75, 3.05) is 20.3 Å². The highest BCUT2D eigenvalue weighted by atomic mass is 35.5. The maximum absolute atomic E-state index is 13.3. The van der Waals surface area contributed by atoms with Crippen molar-refractivity contribution in [1.29, 1.82) is 0 Å². The molecule has 17 heteroatoms. The van der Waals surface area contributed by atoms with E-state index < -0.39 is 11.9 Å². The number of hydrogen-bond acceptors (Lipinski definition) is 13. The number of nitrogens with zero attached hydrogens (tertiary/aromatic N) is 6. The molecule has 6 aromatic rings. The number of carbonyl (C=O) groups is 2. The SMILES string of the molecule is COC(=O)c1ccc(Cl)cc1Oc1ccc(-c2nnn(CCOC(=O)c3ccc(Cl)cc3Oc3ccc(-c4nnn(C)c4COC4CCCCO4)cc3)c2CO)cc1. The van der Waals surface area contributed by atoms with Gasteiger partial charge >= 0.3 is 11.9 Å². The highest BCUT2D eigenvalue weighted by Gasteiger charge is 2.21. The maximum Gasteiger partial charge on any atom is 0.342 e. The fourth-order valence-electron chi connectivity index (χ4n) is 6.20. The van der Waals surface area contributed by atoms with Gasteiger partial charge in [-0.1, -0.05) is 33.6 Å². The fourth-order valence-corrected chi connectivity index (χ4v) is 6.52. The number of ether oxygens (including phenoxy) is 6. The summed E-state index contributed by atoms with van der Waals surface area (Å²) >= 11 is 12.4. The van der Waals surface area contributed by atoms with Gasteiger partial charge in [0, 0.05) is 47.0 Å². The van der Waals surface area contributed by atoms with Gasteiger partial charge in [-0.25, -0.2) is 19.0 Å². The Labute approximate surface area is 342 Å². The Kier molecular flexibility index (Phi) is 13.0. The lowest BCUT2D eigenvalue weighted by Crippen LogP contribution is -2.22. The standard InChI is InChI=1S/C41H38Cl2N6O9/c1-48-34(24-56-37-5-3-4-19-54-37)39(44-46-48)26-8-14-30(15-9-26)58-36-22-28(43)11-17-32(36)41(52)55-20-18-49-33(23-50)38(45-47-49)25-6-12-29(13-7-25)57-35-21-27(42)10-16-31(35)40(51)53-2/h6-17,21-22,37,50H,3-5,18-20,23-24H2,1-2H3. The third-order valence-corrected chi connectivity index (χ3v) is 9.70. The molecule has 7 rings (SSSR count). The Balaban J connectivity index is 0.974. The lowest BCUT2D eigenvalue weighted by molar-refractivity contribution is -0.169. The van der Waals surface area contributed by atoms with Gasteiger partial charge in [0.25, 0.3) is 0 Å². The van der Waals surface area contributed by atoms with Crippen molar-refractivity contribution >= 4 is 35.1 Å². The number of aliphatic hydroxyl groups is 1. The Morgan fingerprint density at radius 2 is 1.38 bits per heavy atom. The molecule has 15 nitrogen and oxygen atoms in total. The molecule has 1 saturated heterocycles. The summed E-state index contributed by atoms with van der Waals surface area (Å²) in [6.07, 6.45) is 2.71. The molecular formula is C41H38Cl2N6O9. The smallest absolute Gasteiger partial charge is 0.342 e. The van der Waals surface area contributed by atoms with Gasteiger partial charge in [0.15, 0.2) is 6.29 Å². The number of carbonyl (C=O) groups excluding carboxylic acids is 2. The number of halogens is 2. The maximum atomic E-state index is 13.3. The molecule has 0 amide bonds. The van der Waals surface area contributed by atoms with Crippen LogP contribution in [0.3, 0.4) is 0 Å². The molecular weight excluding hydrogens is 791 g/mol. The van der Waals surface area contributed by atoms with Crippen molar-refractivity contribution in [3.8, 4) is 45.5 Å². The van der Waals surface area contributed by atoms with E-state index in [0.29, 0.717) is 57.4 Å². The zero-order valence-electron chi connectivity index (χ0n) is 31.5. The van der Waals surface area contributed by atoms with Gasteiger partial charge in [0.1, 0.15) is 52.1 Å². The van der Waals surface area contributed by atoms with E-state index in [2.05, 4.69) is 20.6 Å². The highest BCUT2D eigenvalue weighted by molar-refractivity contribution is 6.31. The van der Waals surface area contributed by atoms with E-state index >= 15 is 0 Å². The van der Waals surface area contributed by atoms with Gasteiger partial charge in [-0.2, -0.15) is 0 Å². The van der Waals surface area contributed by atoms with Crippen LogP contribution in [-0.4, -0.2) is 73.6 Å². The van der Waals surface area contributed by atoms with E-state index in [0.717, 1.165) is 30.5 Å². The number of hydrogen-bond donors (Lipinski definition) is 1. The number of methoxy groups -OCH3 is 1. The average Bonchev–Trinajstić information content (AvgIpc) is 3.83. The number of aliphatic hydroxyl groups excluding tert-OH is 1. The Morgan fingerprint density at radius 3 is 1.95 bits per heavy atom. The quantitative estimate of drug-likeness (QED) is 0.0995. The first kappa shape index (κ1) is 40.4. The van der Waals surface area contributed by atoms with E-state index in [1.165, 1.54) is 36.1 Å². The molecule has 300 valence electrons. The van der Waals surface area contributed by atoms with E-state index in [4.69, 9.17) is 51.6 Å². The van der Waals surface area contributed by atoms with Crippen LogP contribution in [0.25, 0.3) is 22.5 Å². The molecule has 1 aliphatic heterocycles. The Morgan fingerprint density at radius 1 is 0.793 bits per heavy atom. The van der Waals surface area contributed by atoms with Gasteiger partial charge in [-0.05, 0) is 92.1 Å². The van der Waals surface area contributed by atoms with Gasteiger partial charge < -0.3 is 33.5 Å². The third-order valence-electron chi connectivity index (χ3n) is 9.23. The minimum Gasteiger partial charge on any atom is -0.465 e. The molecule has 0 spiro atoms. The number of esters is 2. The molecule has 0 aliphatic carbocycles. The number of benzene rings is 4. The summed E-state index contributed by atoms with van der Waals surface area (Å²) < 4.78 is 37.3. The van der Waals surface area contributed by atoms with Crippen LogP contribution < -0.4 is 9.47 Å². The summed E-state index contributed by atoms with van der Waals surface area (Å²) in [5.74, 6) is 0.0979. The second-order valence-corrected chi connectivity index (χ2v) is 13.9. The van der Waals surface area contributed by atoms with Crippen molar-refractivity contribution in [3.05, 3.63) is 117 Å². The molecule has 1 unspecified atom stereocenters. The first-order valence-corrected chi connectivity index (χ1v) is 19.0. The van der Waals surface area contributed by atoms with Crippen molar-refractivity contribution in [2.45, 2.75) is 45.3 Å². The van der Waals surface area contributed by atoms with Crippen LogP contribution in [0.15, 0.2) is 84.9 Å². The zero-order chi connectivity index (χ0) is 40.6. The molecule has 0 bridgehead atoms.